The Morgan fingerprint density at radius 3 is 2.66 bits per heavy atom. The lowest BCUT2D eigenvalue weighted by Gasteiger charge is -2.12. The third kappa shape index (κ3) is 3.36. The van der Waals surface area contributed by atoms with Gasteiger partial charge in [-0.2, -0.15) is 0 Å². The lowest BCUT2D eigenvalue weighted by Crippen LogP contribution is -2.00. The second kappa shape index (κ2) is 8.00. The van der Waals surface area contributed by atoms with Crippen molar-refractivity contribution in [2.75, 3.05) is 0 Å². The van der Waals surface area contributed by atoms with Crippen LogP contribution < -0.4 is 9.47 Å². The normalized spacial score (nSPS) is 14.1. The maximum atomic E-state index is 13.9. The van der Waals surface area contributed by atoms with Crippen LogP contribution in [0.5, 0.6) is 11.5 Å². The number of rotatable bonds is 5. The van der Waals surface area contributed by atoms with Gasteiger partial charge in [0.1, 0.15) is 23.9 Å². The molecule has 0 bridgehead atoms. The molecule has 0 aliphatic carbocycles. The number of benzene rings is 3. The van der Waals surface area contributed by atoms with Crippen LogP contribution in [0.4, 0.5) is 4.39 Å². The van der Waals surface area contributed by atoms with Gasteiger partial charge >= 0.3 is 0 Å². The Kier molecular flexibility index (Phi) is 5.02. The third-order valence-electron chi connectivity index (χ3n) is 5.82. The van der Waals surface area contributed by atoms with E-state index in [0.29, 0.717) is 28.2 Å². The first-order valence-corrected chi connectivity index (χ1v) is 10.6. The minimum atomic E-state index is -0.311. The number of halogens is 1. The molecule has 0 saturated heterocycles. The summed E-state index contributed by atoms with van der Waals surface area (Å²) in [6.07, 6.45) is 3.84. The van der Waals surface area contributed by atoms with Crippen LogP contribution in [0, 0.1) is 12.7 Å². The number of hydrogen-bond acceptors (Lipinski definition) is 3. The number of ketones is 1. The van der Waals surface area contributed by atoms with Crippen LogP contribution in [0.15, 0.2) is 72.6 Å². The average Bonchev–Trinajstić information content (AvgIpc) is 3.33. The van der Waals surface area contributed by atoms with Gasteiger partial charge in [0.15, 0.2) is 5.76 Å². The standard InChI is InChI=1S/C27H22FNO3/c1-3-29-15-19(20-9-5-7-11-23(20)29)14-25-26(30)21-12-13-24(17(2)27(21)32-25)31-16-18-8-4-6-10-22(18)28/h4-15H,3,16H2,1-2H3/b25-14-. The van der Waals surface area contributed by atoms with Crippen LogP contribution in [0.1, 0.15) is 34.0 Å². The molecule has 5 heteroatoms. The molecule has 0 unspecified atom stereocenters. The molecule has 2 heterocycles. The Bertz CT molecular complexity index is 1380. The molecule has 0 radical (unpaired) electrons. The number of nitrogens with zero attached hydrogens (tertiary/aromatic N) is 1. The second-order valence-electron chi connectivity index (χ2n) is 7.77. The highest BCUT2D eigenvalue weighted by Crippen LogP contribution is 2.40. The first-order valence-electron chi connectivity index (χ1n) is 10.6. The van der Waals surface area contributed by atoms with E-state index in [2.05, 4.69) is 17.6 Å². The van der Waals surface area contributed by atoms with Crippen LogP contribution >= 0.6 is 0 Å². The fraction of sp³-hybridized carbons (Fsp3) is 0.148. The van der Waals surface area contributed by atoms with Gasteiger partial charge in [0.2, 0.25) is 5.78 Å². The van der Waals surface area contributed by atoms with Crippen LogP contribution in [0.3, 0.4) is 0 Å². The van der Waals surface area contributed by atoms with Crippen LogP contribution in [0.2, 0.25) is 0 Å². The molecule has 32 heavy (non-hydrogen) atoms. The van der Waals surface area contributed by atoms with Crippen molar-refractivity contribution in [3.05, 3.63) is 101 Å². The Balaban J connectivity index is 1.45. The molecule has 0 spiro atoms. The summed E-state index contributed by atoms with van der Waals surface area (Å²) in [5, 5.41) is 1.07. The van der Waals surface area contributed by atoms with Crippen LogP contribution in [-0.2, 0) is 13.2 Å². The molecule has 4 aromatic rings. The maximum Gasteiger partial charge on any atom is 0.231 e. The van der Waals surface area contributed by atoms with E-state index in [1.807, 2.05) is 31.3 Å². The minimum Gasteiger partial charge on any atom is -0.488 e. The molecule has 0 atom stereocenters. The van der Waals surface area contributed by atoms with Crippen molar-refractivity contribution in [1.29, 1.82) is 0 Å². The fourth-order valence-electron chi connectivity index (χ4n) is 4.09. The number of Topliss-reactive ketones (excluding diaryl/α,β-unsaturated/α-hetero) is 1. The molecule has 0 saturated carbocycles. The summed E-state index contributed by atoms with van der Waals surface area (Å²) in [5.74, 6) is 0.870. The van der Waals surface area contributed by atoms with E-state index in [1.165, 1.54) is 6.07 Å². The Morgan fingerprint density at radius 1 is 1.06 bits per heavy atom. The third-order valence-corrected chi connectivity index (χ3v) is 5.82. The quantitative estimate of drug-likeness (QED) is 0.351. The number of fused-ring (bicyclic) bond motifs is 2. The van der Waals surface area contributed by atoms with Gasteiger partial charge in [-0.3, -0.25) is 4.79 Å². The van der Waals surface area contributed by atoms with Crippen molar-refractivity contribution in [1.82, 2.24) is 4.57 Å². The van der Waals surface area contributed by atoms with E-state index >= 15 is 0 Å². The number of carbonyl (C=O) groups excluding carboxylic acids is 1. The van der Waals surface area contributed by atoms with Crippen molar-refractivity contribution in [2.45, 2.75) is 27.0 Å². The molecule has 1 aliphatic heterocycles. The lowest BCUT2D eigenvalue weighted by molar-refractivity contribution is 0.101. The number of ether oxygens (including phenoxy) is 2. The first-order chi connectivity index (χ1) is 15.6. The van der Waals surface area contributed by atoms with E-state index in [0.717, 1.165) is 23.0 Å². The molecular weight excluding hydrogens is 405 g/mol. The van der Waals surface area contributed by atoms with Gasteiger partial charge < -0.3 is 14.0 Å². The first kappa shape index (κ1) is 20.1. The van der Waals surface area contributed by atoms with Crippen molar-refractivity contribution in [2.24, 2.45) is 0 Å². The minimum absolute atomic E-state index is 0.0967. The largest absolute Gasteiger partial charge is 0.488 e. The molecule has 1 aliphatic rings. The number of aromatic nitrogens is 1. The van der Waals surface area contributed by atoms with Gasteiger partial charge in [-0.25, -0.2) is 4.39 Å². The zero-order chi connectivity index (χ0) is 22.2. The van der Waals surface area contributed by atoms with Crippen molar-refractivity contribution in [3.63, 3.8) is 0 Å². The summed E-state index contributed by atoms with van der Waals surface area (Å²) in [4.78, 5) is 13.0. The predicted molar refractivity (Wildman–Crippen MR) is 122 cm³/mol. The summed E-state index contributed by atoms with van der Waals surface area (Å²) in [6, 6.07) is 18.0. The summed E-state index contributed by atoms with van der Waals surface area (Å²) in [7, 11) is 0. The van der Waals surface area contributed by atoms with Crippen LogP contribution in [0.25, 0.3) is 17.0 Å². The Labute approximate surface area is 185 Å². The van der Waals surface area contributed by atoms with Gasteiger partial charge in [-0.1, -0.05) is 36.4 Å². The summed E-state index contributed by atoms with van der Waals surface area (Å²) >= 11 is 0. The predicted octanol–water partition coefficient (Wildman–Crippen LogP) is 6.30. The number of para-hydroxylation sites is 1. The number of allylic oxidation sites excluding steroid dienone is 1. The van der Waals surface area contributed by atoms with Gasteiger partial charge in [0.05, 0.1) is 5.56 Å². The number of hydrogen-bond donors (Lipinski definition) is 0. The molecule has 160 valence electrons. The van der Waals surface area contributed by atoms with Gasteiger partial charge in [-0.15, -0.1) is 0 Å². The summed E-state index contributed by atoms with van der Waals surface area (Å²) in [6.45, 7) is 4.86. The van der Waals surface area contributed by atoms with Crippen molar-refractivity contribution >= 4 is 22.8 Å². The number of aryl methyl sites for hydroxylation is 1. The van der Waals surface area contributed by atoms with E-state index < -0.39 is 0 Å². The number of carbonyl (C=O) groups is 1. The molecule has 3 aromatic carbocycles. The molecule has 5 rings (SSSR count). The lowest BCUT2D eigenvalue weighted by atomic mass is 10.1. The van der Waals surface area contributed by atoms with E-state index in [-0.39, 0.29) is 24.0 Å². The molecule has 1 aromatic heterocycles. The molecule has 0 N–H and O–H groups in total. The van der Waals surface area contributed by atoms with Crippen molar-refractivity contribution < 1.29 is 18.7 Å². The van der Waals surface area contributed by atoms with E-state index in [1.54, 1.807) is 36.4 Å². The van der Waals surface area contributed by atoms with Gasteiger partial charge in [0.25, 0.3) is 0 Å². The summed E-state index contributed by atoms with van der Waals surface area (Å²) in [5.41, 5.74) is 3.74. The monoisotopic (exact) mass is 427 g/mol. The van der Waals surface area contributed by atoms with Crippen LogP contribution in [-0.4, -0.2) is 10.4 Å². The molecular formula is C27H22FNO3. The topological polar surface area (TPSA) is 40.5 Å². The van der Waals surface area contributed by atoms with Gasteiger partial charge in [-0.05, 0) is 44.2 Å². The highest BCUT2D eigenvalue weighted by atomic mass is 19.1. The zero-order valence-electron chi connectivity index (χ0n) is 17.9. The van der Waals surface area contributed by atoms with Gasteiger partial charge in [0, 0.05) is 40.3 Å². The van der Waals surface area contributed by atoms with Crippen molar-refractivity contribution in [3.8, 4) is 11.5 Å². The SMILES string of the molecule is CCn1cc(/C=C2\Oc3c(ccc(OCc4ccccc4F)c3C)C2=O)c2ccccc21. The Hall–Kier alpha value is -3.86. The van der Waals surface area contributed by atoms with E-state index in [9.17, 15) is 9.18 Å². The smallest absolute Gasteiger partial charge is 0.231 e. The summed E-state index contributed by atoms with van der Waals surface area (Å²) < 4.78 is 27.9. The fourth-order valence-corrected chi connectivity index (χ4v) is 4.09. The second-order valence-corrected chi connectivity index (χ2v) is 7.77. The zero-order valence-corrected chi connectivity index (χ0v) is 17.9. The molecule has 0 fully saturated rings. The Morgan fingerprint density at radius 2 is 1.84 bits per heavy atom. The molecule has 4 nitrogen and oxygen atoms in total. The highest BCUT2D eigenvalue weighted by molar-refractivity contribution is 6.15. The maximum absolute atomic E-state index is 13.9. The molecule has 0 amide bonds. The van der Waals surface area contributed by atoms with E-state index in [4.69, 9.17) is 9.47 Å². The highest BCUT2D eigenvalue weighted by Gasteiger charge is 2.30. The average molecular weight is 427 g/mol.